The van der Waals surface area contributed by atoms with Crippen LogP contribution in [0.1, 0.15) is 27.2 Å². The van der Waals surface area contributed by atoms with Crippen molar-refractivity contribution in [2.75, 3.05) is 13.1 Å². The average molecular weight is 240 g/mol. The molecule has 0 fully saturated rings. The van der Waals surface area contributed by atoms with E-state index in [1.54, 1.807) is 6.92 Å². The van der Waals surface area contributed by atoms with E-state index in [0.29, 0.717) is 25.4 Å². The second-order valence-electron chi connectivity index (χ2n) is 4.33. The fraction of sp³-hybridized carbons (Fsp3) is 0.727. The first-order chi connectivity index (χ1) is 7.88. The molecule has 0 saturated heterocycles. The quantitative estimate of drug-likeness (QED) is 0.703. The Labute approximate surface area is 102 Å². The molecule has 96 valence electrons. The molecular weight excluding hydrogens is 220 g/mol. The van der Waals surface area contributed by atoms with Gasteiger partial charge in [0.05, 0.1) is 12.1 Å². The van der Waals surface area contributed by atoms with E-state index in [9.17, 15) is 9.59 Å². The lowest BCUT2D eigenvalue weighted by atomic mass is 10.1. The van der Waals surface area contributed by atoms with Gasteiger partial charge in [-0.15, -0.1) is 0 Å². The van der Waals surface area contributed by atoms with Gasteiger partial charge in [-0.2, -0.15) is 5.26 Å². The molecule has 0 aromatic heterocycles. The predicted octanol–water partition coefficient (Wildman–Crippen LogP) is 0.441. The predicted molar refractivity (Wildman–Crippen MR) is 63.8 cm³/mol. The van der Waals surface area contributed by atoms with Crippen LogP contribution in [0.5, 0.6) is 0 Å². The van der Waals surface area contributed by atoms with Gasteiger partial charge in [0, 0.05) is 19.5 Å². The molecular formula is C11H20N4O2. The van der Waals surface area contributed by atoms with E-state index in [4.69, 9.17) is 11.0 Å². The number of carbonyl (C=O) groups is 2. The van der Waals surface area contributed by atoms with Gasteiger partial charge >= 0.3 is 6.03 Å². The number of rotatable bonds is 6. The monoisotopic (exact) mass is 240 g/mol. The number of nitrogens with one attached hydrogen (secondary N) is 1. The number of nitrogens with two attached hydrogens (primary N) is 1. The number of imide groups is 1. The summed E-state index contributed by atoms with van der Waals surface area (Å²) in [7, 11) is 0. The van der Waals surface area contributed by atoms with Crippen molar-refractivity contribution in [3.63, 3.8) is 0 Å². The zero-order valence-electron chi connectivity index (χ0n) is 10.6. The van der Waals surface area contributed by atoms with E-state index in [-0.39, 0.29) is 0 Å². The van der Waals surface area contributed by atoms with Gasteiger partial charge in [-0.25, -0.2) is 4.79 Å². The van der Waals surface area contributed by atoms with Gasteiger partial charge in [-0.1, -0.05) is 13.8 Å². The van der Waals surface area contributed by atoms with E-state index in [1.807, 2.05) is 30.1 Å². The fourth-order valence-electron chi connectivity index (χ4n) is 1.50. The molecule has 17 heavy (non-hydrogen) atoms. The lowest BCUT2D eigenvalue weighted by molar-refractivity contribution is -0.124. The maximum atomic E-state index is 11.6. The van der Waals surface area contributed by atoms with Crippen molar-refractivity contribution in [3.05, 3.63) is 0 Å². The fourth-order valence-corrected chi connectivity index (χ4v) is 1.50. The van der Waals surface area contributed by atoms with Crippen molar-refractivity contribution in [2.45, 2.75) is 33.2 Å². The highest BCUT2D eigenvalue weighted by Crippen LogP contribution is 2.05. The van der Waals surface area contributed by atoms with E-state index in [2.05, 4.69) is 0 Å². The standard InChI is InChI=1S/C11H20N4O2/c1-8(2)7-15(6-4-5-12)9(3)10(16)14-11(13)17/h8-9H,4,6-7H2,1-3H3,(H3,13,14,16,17). The van der Waals surface area contributed by atoms with Crippen LogP contribution in [-0.4, -0.2) is 36.0 Å². The maximum Gasteiger partial charge on any atom is 0.318 e. The van der Waals surface area contributed by atoms with Crippen LogP contribution in [0.15, 0.2) is 0 Å². The molecule has 0 saturated carbocycles. The summed E-state index contributed by atoms with van der Waals surface area (Å²) in [5, 5.41) is 10.6. The molecule has 0 aromatic carbocycles. The second-order valence-corrected chi connectivity index (χ2v) is 4.33. The van der Waals surface area contributed by atoms with Gasteiger partial charge in [-0.3, -0.25) is 15.0 Å². The summed E-state index contributed by atoms with van der Waals surface area (Å²) in [6.07, 6.45) is 0.348. The summed E-state index contributed by atoms with van der Waals surface area (Å²) in [4.78, 5) is 24.1. The minimum absolute atomic E-state index is 0.348. The Morgan fingerprint density at radius 3 is 2.41 bits per heavy atom. The number of hydrogen-bond donors (Lipinski definition) is 2. The van der Waals surface area contributed by atoms with Gasteiger partial charge < -0.3 is 5.73 Å². The van der Waals surface area contributed by atoms with Crippen molar-refractivity contribution in [1.82, 2.24) is 10.2 Å². The Hall–Kier alpha value is -1.61. The molecule has 1 unspecified atom stereocenters. The minimum Gasteiger partial charge on any atom is -0.351 e. The molecule has 0 heterocycles. The molecule has 6 nitrogen and oxygen atoms in total. The maximum absolute atomic E-state index is 11.6. The number of urea groups is 1. The third kappa shape index (κ3) is 6.53. The van der Waals surface area contributed by atoms with Crippen LogP contribution in [-0.2, 0) is 4.79 Å². The van der Waals surface area contributed by atoms with Crippen LogP contribution >= 0.6 is 0 Å². The molecule has 6 heteroatoms. The van der Waals surface area contributed by atoms with E-state index in [1.165, 1.54) is 0 Å². The first-order valence-corrected chi connectivity index (χ1v) is 5.59. The Balaban J connectivity index is 4.50. The summed E-state index contributed by atoms with van der Waals surface area (Å²) in [6, 6.07) is 0.712. The van der Waals surface area contributed by atoms with Gasteiger partial charge in [0.2, 0.25) is 5.91 Å². The summed E-state index contributed by atoms with van der Waals surface area (Å²) in [5.41, 5.74) is 4.89. The first-order valence-electron chi connectivity index (χ1n) is 5.59. The third-order valence-corrected chi connectivity index (χ3v) is 2.28. The van der Waals surface area contributed by atoms with E-state index >= 15 is 0 Å². The van der Waals surface area contributed by atoms with Crippen molar-refractivity contribution in [1.29, 1.82) is 5.26 Å². The second kappa shape index (κ2) is 7.63. The van der Waals surface area contributed by atoms with Gasteiger partial charge in [0.25, 0.3) is 0 Å². The molecule has 0 aliphatic carbocycles. The summed E-state index contributed by atoms with van der Waals surface area (Å²) < 4.78 is 0. The number of amides is 3. The van der Waals surface area contributed by atoms with Crippen LogP contribution in [0.25, 0.3) is 0 Å². The molecule has 0 aliphatic rings. The normalized spacial score (nSPS) is 12.2. The van der Waals surface area contributed by atoms with Crippen LogP contribution in [0.2, 0.25) is 0 Å². The van der Waals surface area contributed by atoms with Crippen molar-refractivity contribution >= 4 is 11.9 Å². The lowest BCUT2D eigenvalue weighted by Crippen LogP contribution is -2.49. The highest BCUT2D eigenvalue weighted by molar-refractivity contribution is 5.96. The van der Waals surface area contributed by atoms with Crippen molar-refractivity contribution in [3.8, 4) is 6.07 Å². The van der Waals surface area contributed by atoms with Crippen LogP contribution in [0.3, 0.4) is 0 Å². The number of carbonyl (C=O) groups excluding carboxylic acids is 2. The lowest BCUT2D eigenvalue weighted by Gasteiger charge is -2.28. The zero-order valence-corrected chi connectivity index (χ0v) is 10.6. The molecule has 0 radical (unpaired) electrons. The van der Waals surface area contributed by atoms with Gasteiger partial charge in [0.1, 0.15) is 0 Å². The van der Waals surface area contributed by atoms with Gasteiger partial charge in [-0.05, 0) is 12.8 Å². The Bertz CT molecular complexity index is 309. The Morgan fingerprint density at radius 2 is 2.00 bits per heavy atom. The summed E-state index contributed by atoms with van der Waals surface area (Å²) in [6.45, 7) is 6.94. The molecule has 0 aromatic rings. The number of hydrogen-bond acceptors (Lipinski definition) is 4. The van der Waals surface area contributed by atoms with E-state index < -0.39 is 18.0 Å². The number of nitriles is 1. The number of nitrogens with zero attached hydrogens (tertiary/aromatic N) is 2. The smallest absolute Gasteiger partial charge is 0.318 e. The van der Waals surface area contributed by atoms with Gasteiger partial charge in [0.15, 0.2) is 0 Å². The average Bonchev–Trinajstić information content (AvgIpc) is 2.21. The molecule has 0 bridgehead atoms. The van der Waals surface area contributed by atoms with Crippen molar-refractivity contribution < 1.29 is 9.59 Å². The third-order valence-electron chi connectivity index (χ3n) is 2.28. The Morgan fingerprint density at radius 1 is 1.41 bits per heavy atom. The topological polar surface area (TPSA) is 99.2 Å². The first kappa shape index (κ1) is 15.4. The SMILES string of the molecule is CC(C)CN(CCC#N)C(C)C(=O)NC(N)=O. The zero-order chi connectivity index (χ0) is 13.4. The van der Waals surface area contributed by atoms with Crippen LogP contribution in [0.4, 0.5) is 4.79 Å². The van der Waals surface area contributed by atoms with E-state index in [0.717, 1.165) is 0 Å². The Kier molecular flexibility index (Phi) is 6.91. The number of primary amides is 1. The van der Waals surface area contributed by atoms with Crippen molar-refractivity contribution in [2.24, 2.45) is 11.7 Å². The summed E-state index contributed by atoms with van der Waals surface area (Å²) in [5.74, 6) is -0.0615. The largest absolute Gasteiger partial charge is 0.351 e. The molecule has 0 aliphatic heterocycles. The van der Waals surface area contributed by atoms with Crippen LogP contribution in [0, 0.1) is 17.2 Å². The molecule has 0 rings (SSSR count). The minimum atomic E-state index is -0.855. The summed E-state index contributed by atoms with van der Waals surface area (Å²) >= 11 is 0. The molecule has 3 amide bonds. The molecule has 3 N–H and O–H groups in total. The highest BCUT2D eigenvalue weighted by atomic mass is 16.2. The van der Waals surface area contributed by atoms with Crippen LogP contribution < -0.4 is 11.1 Å². The highest BCUT2D eigenvalue weighted by Gasteiger charge is 2.22. The molecule has 0 spiro atoms. The molecule has 1 atom stereocenters.